The molecule has 0 spiro atoms. The van der Waals surface area contributed by atoms with Gasteiger partial charge in [0, 0.05) is 25.8 Å². The monoisotopic (exact) mass is 450 g/mol. The second-order valence-corrected chi connectivity index (χ2v) is 7.65. The Morgan fingerprint density at radius 3 is 2.38 bits per heavy atom. The summed E-state index contributed by atoms with van der Waals surface area (Å²) in [5.41, 5.74) is 5.56. The van der Waals surface area contributed by atoms with Crippen LogP contribution in [0.5, 0.6) is 5.75 Å². The van der Waals surface area contributed by atoms with Gasteiger partial charge in [-0.05, 0) is 41.8 Å². The van der Waals surface area contributed by atoms with E-state index in [1.165, 1.54) is 36.4 Å². The maximum Gasteiger partial charge on any atom is 0.411 e. The lowest BCUT2D eigenvalue weighted by atomic mass is 9.84. The van der Waals surface area contributed by atoms with Crippen molar-refractivity contribution in [1.29, 1.82) is 0 Å². The van der Waals surface area contributed by atoms with E-state index >= 15 is 0 Å². The molecule has 3 rings (SSSR count). The highest BCUT2D eigenvalue weighted by molar-refractivity contribution is 5.74. The van der Waals surface area contributed by atoms with Gasteiger partial charge in [0.1, 0.15) is 17.2 Å². The van der Waals surface area contributed by atoms with E-state index in [9.17, 15) is 22.8 Å². The quantitative estimate of drug-likeness (QED) is 0.590. The average molecular weight is 450 g/mol. The summed E-state index contributed by atoms with van der Waals surface area (Å²) in [6.45, 7) is -0.695. The highest BCUT2D eigenvalue weighted by atomic mass is 19.3. The number of rotatable bonds is 9. The number of nitrogens with zero attached hydrogens (tertiary/aromatic N) is 1. The number of primary amides is 1. The van der Waals surface area contributed by atoms with Gasteiger partial charge in [-0.2, -0.15) is 8.78 Å². The van der Waals surface area contributed by atoms with E-state index in [4.69, 9.17) is 10.5 Å². The largest absolute Gasteiger partial charge is 0.438 e. The van der Waals surface area contributed by atoms with Crippen molar-refractivity contribution in [3.63, 3.8) is 0 Å². The molecule has 172 valence electrons. The molecule has 2 N–H and O–H groups in total. The summed E-state index contributed by atoms with van der Waals surface area (Å²) in [7, 11) is 0. The first-order valence-electron chi connectivity index (χ1n) is 10.3. The summed E-state index contributed by atoms with van der Waals surface area (Å²) in [4.78, 5) is 26.0. The maximum atomic E-state index is 13.4. The lowest BCUT2D eigenvalue weighted by Crippen LogP contribution is -2.49. The van der Waals surface area contributed by atoms with Crippen LogP contribution < -0.4 is 10.5 Å². The predicted molar refractivity (Wildman–Crippen MR) is 110 cm³/mol. The van der Waals surface area contributed by atoms with E-state index in [0.29, 0.717) is 24.9 Å². The smallest absolute Gasteiger partial charge is 0.411 e. The predicted octanol–water partition coefficient (Wildman–Crippen LogP) is 4.88. The molecular formula is C23H25F3N2O4. The number of ether oxygens (including phenoxy) is 2. The molecule has 6 nitrogen and oxygen atoms in total. The van der Waals surface area contributed by atoms with Crippen LogP contribution in [0.25, 0.3) is 0 Å². The van der Waals surface area contributed by atoms with Gasteiger partial charge in [-0.25, -0.2) is 9.18 Å². The maximum absolute atomic E-state index is 13.4. The van der Waals surface area contributed by atoms with Crippen molar-refractivity contribution in [2.45, 2.75) is 50.9 Å². The van der Waals surface area contributed by atoms with Crippen molar-refractivity contribution in [3.8, 4) is 5.75 Å². The van der Waals surface area contributed by atoms with E-state index in [1.54, 1.807) is 17.0 Å². The van der Waals surface area contributed by atoms with E-state index in [1.807, 2.05) is 6.92 Å². The molecular weight excluding hydrogens is 425 g/mol. The number of cyclic esters (lactones) is 1. The molecule has 2 aromatic rings. The number of nitrogens with two attached hydrogens (primary N) is 1. The molecule has 1 saturated heterocycles. The van der Waals surface area contributed by atoms with E-state index in [2.05, 4.69) is 4.74 Å². The molecule has 0 radical (unpaired) electrons. The van der Waals surface area contributed by atoms with Gasteiger partial charge in [0.25, 0.3) is 0 Å². The van der Waals surface area contributed by atoms with Gasteiger partial charge in [0.15, 0.2) is 0 Å². The Bertz CT molecular complexity index is 937. The molecule has 1 fully saturated rings. The van der Waals surface area contributed by atoms with Gasteiger partial charge in [0.2, 0.25) is 5.91 Å². The first-order chi connectivity index (χ1) is 15.2. The second-order valence-electron chi connectivity index (χ2n) is 7.65. The number of alkyl halides is 2. The molecule has 0 bridgehead atoms. The number of benzene rings is 2. The highest BCUT2D eigenvalue weighted by Crippen LogP contribution is 2.41. The molecule has 1 heterocycles. The van der Waals surface area contributed by atoms with Gasteiger partial charge >= 0.3 is 12.7 Å². The summed E-state index contributed by atoms with van der Waals surface area (Å²) in [5, 5.41) is 0. The van der Waals surface area contributed by atoms with Crippen molar-refractivity contribution in [2.75, 3.05) is 6.54 Å². The first kappa shape index (κ1) is 23.4. The van der Waals surface area contributed by atoms with Crippen LogP contribution in [0.15, 0.2) is 48.5 Å². The van der Waals surface area contributed by atoms with Gasteiger partial charge in [0.05, 0.1) is 6.04 Å². The first-order valence-corrected chi connectivity index (χ1v) is 10.3. The van der Waals surface area contributed by atoms with Crippen molar-refractivity contribution in [2.24, 2.45) is 5.73 Å². The highest BCUT2D eigenvalue weighted by Gasteiger charge is 2.44. The van der Waals surface area contributed by atoms with Crippen LogP contribution in [0.3, 0.4) is 0 Å². The fourth-order valence-electron chi connectivity index (χ4n) is 4.06. The van der Waals surface area contributed by atoms with Crippen LogP contribution >= 0.6 is 0 Å². The molecule has 0 saturated carbocycles. The Kier molecular flexibility index (Phi) is 7.27. The number of hydrogen-bond acceptors (Lipinski definition) is 4. The topological polar surface area (TPSA) is 81.9 Å². The van der Waals surface area contributed by atoms with Crippen LogP contribution in [0.4, 0.5) is 18.0 Å². The second kappa shape index (κ2) is 9.93. The molecule has 32 heavy (non-hydrogen) atoms. The summed E-state index contributed by atoms with van der Waals surface area (Å²) in [5.74, 6) is -0.919. The molecule has 9 heteroatoms. The van der Waals surface area contributed by atoms with E-state index in [-0.39, 0.29) is 24.6 Å². The minimum absolute atomic E-state index is 0.00740. The van der Waals surface area contributed by atoms with Crippen LogP contribution in [0.1, 0.15) is 49.8 Å². The Hall–Kier alpha value is -3.23. The van der Waals surface area contributed by atoms with Crippen molar-refractivity contribution >= 4 is 12.0 Å². The zero-order valence-corrected chi connectivity index (χ0v) is 17.6. The third-order valence-electron chi connectivity index (χ3n) is 5.67. The van der Waals surface area contributed by atoms with Crippen LogP contribution in [0, 0.1) is 5.82 Å². The number of amides is 2. The zero-order chi connectivity index (χ0) is 23.3. The third-order valence-corrected chi connectivity index (χ3v) is 5.67. The Morgan fingerprint density at radius 1 is 1.19 bits per heavy atom. The van der Waals surface area contributed by atoms with Gasteiger partial charge in [-0.15, -0.1) is 0 Å². The number of carbonyl (C=O) groups excluding carboxylic acids is 2. The molecule has 1 unspecified atom stereocenters. The molecule has 2 atom stereocenters. The lowest BCUT2D eigenvalue weighted by molar-refractivity contribution is -0.121. The number of halogens is 3. The summed E-state index contributed by atoms with van der Waals surface area (Å²) >= 11 is 0. The van der Waals surface area contributed by atoms with Crippen LogP contribution in [0.2, 0.25) is 0 Å². The fourth-order valence-corrected chi connectivity index (χ4v) is 4.06. The lowest BCUT2D eigenvalue weighted by Gasteiger charge is -2.44. The van der Waals surface area contributed by atoms with Crippen molar-refractivity contribution < 1.29 is 32.2 Å². The molecule has 2 amide bonds. The van der Waals surface area contributed by atoms with Crippen LogP contribution in [-0.2, 0) is 15.1 Å². The standard InChI is InChI=1S/C23H25F3N2O4/c1-2-19(15-3-9-18(10-4-15)31-21(25)26)28-14-13-23(32-22(28)30,12-11-20(27)29)16-5-7-17(24)8-6-16/h3-10,19,21H,2,11-14H2,1H3,(H2,27,29)/t19-,23?/m0/s1. The van der Waals surface area contributed by atoms with Gasteiger partial charge in [-0.1, -0.05) is 31.2 Å². The number of carbonyl (C=O) groups is 2. The molecule has 2 aromatic carbocycles. The summed E-state index contributed by atoms with van der Waals surface area (Å²) in [6, 6.07) is 11.4. The molecule has 1 aliphatic heterocycles. The third kappa shape index (κ3) is 5.33. The van der Waals surface area contributed by atoms with Crippen LogP contribution in [-0.4, -0.2) is 30.1 Å². The SMILES string of the molecule is CC[C@@H](c1ccc(OC(F)F)cc1)N1CCC(CCC(N)=O)(c2ccc(F)cc2)OC1=O. The Balaban J connectivity index is 1.82. The summed E-state index contributed by atoms with van der Waals surface area (Å²) < 4.78 is 48.5. The minimum atomic E-state index is -2.92. The Morgan fingerprint density at radius 2 is 1.84 bits per heavy atom. The number of hydrogen-bond donors (Lipinski definition) is 1. The normalized spacial score (nSPS) is 19.5. The minimum Gasteiger partial charge on any atom is -0.438 e. The zero-order valence-electron chi connectivity index (χ0n) is 17.6. The molecule has 1 aliphatic rings. The molecule has 0 aromatic heterocycles. The van der Waals surface area contributed by atoms with Crippen molar-refractivity contribution in [3.05, 3.63) is 65.5 Å². The fraction of sp³-hybridized carbons (Fsp3) is 0.391. The van der Waals surface area contributed by atoms with Gasteiger partial charge < -0.3 is 20.1 Å². The average Bonchev–Trinajstić information content (AvgIpc) is 2.75. The van der Waals surface area contributed by atoms with E-state index < -0.39 is 30.0 Å². The summed E-state index contributed by atoms with van der Waals surface area (Å²) in [6.07, 6.45) is 0.553. The van der Waals surface area contributed by atoms with Crippen molar-refractivity contribution in [1.82, 2.24) is 4.90 Å². The Labute approximate surface area is 184 Å². The van der Waals surface area contributed by atoms with Gasteiger partial charge in [-0.3, -0.25) is 4.79 Å². The van der Waals surface area contributed by atoms with E-state index in [0.717, 1.165) is 5.56 Å². The molecule has 0 aliphatic carbocycles.